The SMILES string of the molecule is COC=O.O=[N+]([O-])c1cccc(O)c1Cl. The number of nitrogens with zero attached hydrogens (tertiary/aromatic N) is 1. The van der Waals surface area contributed by atoms with E-state index in [2.05, 4.69) is 4.74 Å². The number of carbonyl (C=O) groups excluding carboxylic acids is 1. The third-order valence-electron chi connectivity index (χ3n) is 1.25. The van der Waals surface area contributed by atoms with Crippen LogP contribution in [0.25, 0.3) is 0 Å². The largest absolute Gasteiger partial charge is 0.506 e. The van der Waals surface area contributed by atoms with Crippen LogP contribution >= 0.6 is 11.6 Å². The van der Waals surface area contributed by atoms with Crippen LogP contribution in [0.1, 0.15) is 0 Å². The third kappa shape index (κ3) is 4.28. The van der Waals surface area contributed by atoms with E-state index >= 15 is 0 Å². The average molecular weight is 234 g/mol. The Morgan fingerprint density at radius 3 is 2.47 bits per heavy atom. The van der Waals surface area contributed by atoms with Gasteiger partial charge in [-0.1, -0.05) is 17.7 Å². The van der Waals surface area contributed by atoms with Crippen molar-refractivity contribution in [1.82, 2.24) is 0 Å². The first-order valence-electron chi connectivity index (χ1n) is 3.63. The number of benzene rings is 1. The molecule has 1 aromatic rings. The monoisotopic (exact) mass is 233 g/mol. The number of nitro groups is 1. The van der Waals surface area contributed by atoms with E-state index in [1.54, 1.807) is 0 Å². The number of halogens is 1. The zero-order valence-corrected chi connectivity index (χ0v) is 8.47. The smallest absolute Gasteiger partial charge is 0.292 e. The van der Waals surface area contributed by atoms with Crippen molar-refractivity contribution in [2.24, 2.45) is 0 Å². The molecule has 0 heterocycles. The predicted octanol–water partition coefficient (Wildman–Crippen LogP) is 1.74. The quantitative estimate of drug-likeness (QED) is 0.477. The highest BCUT2D eigenvalue weighted by Crippen LogP contribution is 2.31. The van der Waals surface area contributed by atoms with E-state index in [0.29, 0.717) is 6.47 Å². The van der Waals surface area contributed by atoms with Crippen LogP contribution in [0.3, 0.4) is 0 Å². The van der Waals surface area contributed by atoms with E-state index in [-0.39, 0.29) is 16.5 Å². The molecule has 1 rings (SSSR count). The fourth-order valence-electron chi connectivity index (χ4n) is 0.649. The molecule has 0 spiro atoms. The van der Waals surface area contributed by atoms with E-state index in [1.165, 1.54) is 25.3 Å². The second-order valence-corrected chi connectivity index (χ2v) is 2.58. The van der Waals surface area contributed by atoms with Gasteiger partial charge in [-0.2, -0.15) is 0 Å². The number of phenolic OH excluding ortho intramolecular Hbond substituents is 1. The molecule has 0 saturated heterocycles. The summed E-state index contributed by atoms with van der Waals surface area (Å²) in [5.41, 5.74) is -0.285. The molecule has 7 heteroatoms. The lowest BCUT2D eigenvalue weighted by Crippen LogP contribution is -1.87. The van der Waals surface area contributed by atoms with Crippen LogP contribution in [0.5, 0.6) is 5.75 Å². The molecule has 0 amide bonds. The van der Waals surface area contributed by atoms with Crippen LogP contribution in [0, 0.1) is 10.1 Å². The Balaban J connectivity index is 0.000000423. The number of hydrogen-bond acceptors (Lipinski definition) is 5. The molecule has 6 nitrogen and oxygen atoms in total. The highest BCUT2D eigenvalue weighted by Gasteiger charge is 2.13. The number of ether oxygens (including phenoxy) is 1. The van der Waals surface area contributed by atoms with E-state index in [4.69, 9.17) is 21.5 Å². The standard InChI is InChI=1S/C6H4ClNO3.C2H4O2/c7-6-4(8(10)11)2-1-3-5(6)9;1-4-2-3/h1-3,9H;2H,1H3. The highest BCUT2D eigenvalue weighted by atomic mass is 35.5. The first-order chi connectivity index (χ1) is 7.04. The summed E-state index contributed by atoms with van der Waals surface area (Å²) in [4.78, 5) is 18.5. The van der Waals surface area contributed by atoms with E-state index < -0.39 is 4.92 Å². The van der Waals surface area contributed by atoms with Crippen molar-refractivity contribution >= 4 is 23.8 Å². The molecule has 0 saturated carbocycles. The van der Waals surface area contributed by atoms with Crippen molar-refractivity contribution in [1.29, 1.82) is 0 Å². The lowest BCUT2D eigenvalue weighted by molar-refractivity contribution is -0.384. The number of rotatable bonds is 2. The van der Waals surface area contributed by atoms with Gasteiger partial charge in [0.05, 0.1) is 12.0 Å². The Hall–Kier alpha value is -1.82. The molecule has 0 aromatic heterocycles. The molecule has 0 aliphatic carbocycles. The van der Waals surface area contributed by atoms with E-state index in [0.717, 1.165) is 0 Å². The summed E-state index contributed by atoms with van der Waals surface area (Å²) in [6.45, 7) is 0.375. The predicted molar refractivity (Wildman–Crippen MR) is 52.8 cm³/mol. The van der Waals surface area contributed by atoms with Gasteiger partial charge in [0.15, 0.2) is 5.02 Å². The van der Waals surface area contributed by atoms with Gasteiger partial charge >= 0.3 is 0 Å². The van der Waals surface area contributed by atoms with Crippen molar-refractivity contribution in [3.8, 4) is 5.75 Å². The van der Waals surface area contributed by atoms with Crippen LogP contribution in [-0.4, -0.2) is 23.6 Å². The lowest BCUT2D eigenvalue weighted by Gasteiger charge is -1.95. The normalized spacial score (nSPS) is 8.40. The van der Waals surface area contributed by atoms with Crippen molar-refractivity contribution in [2.45, 2.75) is 0 Å². The maximum atomic E-state index is 10.2. The number of phenols is 1. The molecule has 0 unspecified atom stereocenters. The summed E-state index contributed by atoms with van der Waals surface area (Å²) in [5, 5.41) is 18.9. The number of carbonyl (C=O) groups is 1. The van der Waals surface area contributed by atoms with E-state index in [9.17, 15) is 10.1 Å². The summed E-state index contributed by atoms with van der Waals surface area (Å²) >= 11 is 5.40. The molecule has 0 atom stereocenters. The number of nitro benzene ring substituents is 1. The lowest BCUT2D eigenvalue weighted by atomic mass is 10.3. The number of hydrogen-bond donors (Lipinski definition) is 1. The first kappa shape index (κ1) is 13.2. The third-order valence-corrected chi connectivity index (χ3v) is 1.64. The van der Waals surface area contributed by atoms with Crippen molar-refractivity contribution < 1.29 is 19.6 Å². The molecule has 82 valence electrons. The Kier molecular flexibility index (Phi) is 5.81. The molecule has 0 fully saturated rings. The average Bonchev–Trinajstić information content (AvgIpc) is 2.22. The molecule has 15 heavy (non-hydrogen) atoms. The Morgan fingerprint density at radius 1 is 1.60 bits per heavy atom. The number of aromatic hydroxyl groups is 1. The summed E-state index contributed by atoms with van der Waals surface area (Å²) in [6.07, 6.45) is 0. The molecule has 0 bridgehead atoms. The van der Waals surface area contributed by atoms with Gasteiger partial charge in [0.2, 0.25) is 0 Å². The Bertz CT molecular complexity index is 355. The molecule has 1 aromatic carbocycles. The highest BCUT2D eigenvalue weighted by molar-refractivity contribution is 6.34. The minimum Gasteiger partial charge on any atom is -0.506 e. The second kappa shape index (κ2) is 6.61. The summed E-state index contributed by atoms with van der Waals surface area (Å²) in [7, 11) is 1.31. The van der Waals surface area contributed by atoms with E-state index in [1.807, 2.05) is 0 Å². The molecule has 0 radical (unpaired) electrons. The van der Waals surface area contributed by atoms with Crippen LogP contribution in [0.2, 0.25) is 5.02 Å². The van der Waals surface area contributed by atoms with Gasteiger partial charge < -0.3 is 9.84 Å². The van der Waals surface area contributed by atoms with Crippen LogP contribution in [-0.2, 0) is 9.53 Å². The van der Waals surface area contributed by atoms with Crippen molar-refractivity contribution in [3.05, 3.63) is 33.3 Å². The van der Waals surface area contributed by atoms with Gasteiger partial charge in [-0.3, -0.25) is 14.9 Å². The van der Waals surface area contributed by atoms with Crippen molar-refractivity contribution in [3.63, 3.8) is 0 Å². The number of methoxy groups -OCH3 is 1. The van der Waals surface area contributed by atoms with Gasteiger partial charge in [0.25, 0.3) is 12.2 Å². The maximum Gasteiger partial charge on any atom is 0.292 e. The molecular weight excluding hydrogens is 226 g/mol. The molecule has 0 aliphatic rings. The van der Waals surface area contributed by atoms with Gasteiger partial charge in [-0.05, 0) is 6.07 Å². The first-order valence-corrected chi connectivity index (χ1v) is 4.00. The topological polar surface area (TPSA) is 89.7 Å². The summed E-state index contributed by atoms with van der Waals surface area (Å²) in [6, 6.07) is 3.87. The second-order valence-electron chi connectivity index (χ2n) is 2.20. The van der Waals surface area contributed by atoms with Crippen LogP contribution < -0.4 is 0 Å². The minimum absolute atomic E-state index is 0.225. The summed E-state index contributed by atoms with van der Waals surface area (Å²) < 4.78 is 3.86. The molecule has 1 N–H and O–H groups in total. The van der Waals surface area contributed by atoms with Crippen molar-refractivity contribution in [2.75, 3.05) is 7.11 Å². The summed E-state index contributed by atoms with van der Waals surface area (Å²) in [5.74, 6) is -0.277. The maximum absolute atomic E-state index is 10.2. The van der Waals surface area contributed by atoms with Gasteiger partial charge in [0.1, 0.15) is 5.75 Å². The minimum atomic E-state index is -0.651. The fraction of sp³-hybridized carbons (Fsp3) is 0.125. The van der Waals surface area contributed by atoms with Gasteiger partial charge in [-0.15, -0.1) is 0 Å². The fourth-order valence-corrected chi connectivity index (χ4v) is 0.844. The Morgan fingerprint density at radius 2 is 2.13 bits per heavy atom. The van der Waals surface area contributed by atoms with Gasteiger partial charge in [-0.25, -0.2) is 0 Å². The molecular formula is C8H8ClNO5. The molecule has 0 aliphatic heterocycles. The van der Waals surface area contributed by atoms with Crippen LogP contribution in [0.4, 0.5) is 5.69 Å². The Labute approximate surface area is 90.2 Å². The van der Waals surface area contributed by atoms with Gasteiger partial charge in [0, 0.05) is 6.07 Å². The zero-order chi connectivity index (χ0) is 11.8. The van der Waals surface area contributed by atoms with Crippen LogP contribution in [0.15, 0.2) is 18.2 Å². The zero-order valence-electron chi connectivity index (χ0n) is 7.71.